The Balaban J connectivity index is 1.34. The molecule has 0 bridgehead atoms. The highest BCUT2D eigenvalue weighted by molar-refractivity contribution is 6.09. The van der Waals surface area contributed by atoms with E-state index in [0.717, 1.165) is 50.4 Å². The van der Waals surface area contributed by atoms with E-state index in [9.17, 15) is 0 Å². The first-order valence-corrected chi connectivity index (χ1v) is 14.1. The van der Waals surface area contributed by atoms with Crippen LogP contribution in [0.1, 0.15) is 26.3 Å². The number of fused-ring (bicyclic) bond motifs is 4. The highest BCUT2D eigenvalue weighted by Crippen LogP contribution is 2.41. The minimum atomic E-state index is 0.0876. The first-order chi connectivity index (χ1) is 20.0. The molecule has 3 nitrogen and oxygen atoms in total. The molecule has 0 amide bonds. The van der Waals surface area contributed by atoms with E-state index >= 15 is 0 Å². The van der Waals surface area contributed by atoms with Gasteiger partial charge in [-0.25, -0.2) is 0 Å². The van der Waals surface area contributed by atoms with Gasteiger partial charge in [0.1, 0.15) is 5.58 Å². The van der Waals surface area contributed by atoms with Gasteiger partial charge in [0, 0.05) is 33.2 Å². The van der Waals surface area contributed by atoms with Crippen molar-refractivity contribution >= 4 is 61.1 Å². The molecule has 7 rings (SSSR count). The van der Waals surface area contributed by atoms with Crippen molar-refractivity contribution in [1.29, 1.82) is 0 Å². The maximum absolute atomic E-state index is 6.29. The van der Waals surface area contributed by atoms with Crippen LogP contribution in [0.25, 0.3) is 32.7 Å². The lowest BCUT2D eigenvalue weighted by Gasteiger charge is -2.28. The van der Waals surface area contributed by atoms with Crippen molar-refractivity contribution in [2.75, 3.05) is 10.2 Å². The first-order valence-electron chi connectivity index (χ1n) is 14.1. The van der Waals surface area contributed by atoms with Crippen LogP contribution in [0.4, 0.5) is 28.4 Å². The van der Waals surface area contributed by atoms with Crippen LogP contribution < -0.4 is 10.2 Å². The van der Waals surface area contributed by atoms with Gasteiger partial charge in [0.15, 0.2) is 5.58 Å². The van der Waals surface area contributed by atoms with E-state index in [2.05, 4.69) is 152 Å². The highest BCUT2D eigenvalue weighted by Gasteiger charge is 2.18. The summed E-state index contributed by atoms with van der Waals surface area (Å²) in [5.74, 6) is 0. The first kappa shape index (κ1) is 25.0. The Labute approximate surface area is 240 Å². The molecule has 3 heteroatoms. The normalized spacial score (nSPS) is 11.8. The van der Waals surface area contributed by atoms with Crippen LogP contribution in [-0.2, 0) is 5.41 Å². The summed E-state index contributed by atoms with van der Waals surface area (Å²) in [4.78, 5) is 2.35. The number of hydrogen-bond donors (Lipinski definition) is 1. The summed E-state index contributed by atoms with van der Waals surface area (Å²) in [6, 6.07) is 47.1. The fourth-order valence-electron chi connectivity index (χ4n) is 5.66. The molecule has 0 spiro atoms. The zero-order valence-electron chi connectivity index (χ0n) is 23.6. The van der Waals surface area contributed by atoms with E-state index in [1.807, 2.05) is 12.1 Å². The number of rotatable bonds is 5. The van der Waals surface area contributed by atoms with Crippen LogP contribution in [0.5, 0.6) is 0 Å². The second-order valence-electron chi connectivity index (χ2n) is 11.6. The fraction of sp³-hybridized carbons (Fsp3) is 0.105. The Morgan fingerprint density at radius 3 is 2.10 bits per heavy atom. The number of furan rings is 1. The second-order valence-corrected chi connectivity index (χ2v) is 11.6. The summed E-state index contributed by atoms with van der Waals surface area (Å²) in [5, 5.41) is 8.31. The zero-order valence-corrected chi connectivity index (χ0v) is 23.6. The Hall–Kier alpha value is -5.02. The molecule has 0 fully saturated rings. The number of para-hydroxylation sites is 2. The van der Waals surface area contributed by atoms with E-state index in [1.165, 1.54) is 16.3 Å². The van der Waals surface area contributed by atoms with Gasteiger partial charge in [0.2, 0.25) is 0 Å². The number of hydrogen-bond acceptors (Lipinski definition) is 3. The topological polar surface area (TPSA) is 28.4 Å². The van der Waals surface area contributed by atoms with Crippen LogP contribution in [-0.4, -0.2) is 0 Å². The van der Waals surface area contributed by atoms with Crippen molar-refractivity contribution in [2.45, 2.75) is 26.2 Å². The predicted molar refractivity (Wildman–Crippen MR) is 174 cm³/mol. The van der Waals surface area contributed by atoms with E-state index in [-0.39, 0.29) is 5.41 Å². The Morgan fingerprint density at radius 2 is 1.27 bits per heavy atom. The molecule has 200 valence electrons. The lowest BCUT2D eigenvalue weighted by molar-refractivity contribution is 0.590. The van der Waals surface area contributed by atoms with Gasteiger partial charge in [0.05, 0.1) is 11.4 Å². The quantitative estimate of drug-likeness (QED) is 0.239. The van der Waals surface area contributed by atoms with E-state index in [0.29, 0.717) is 0 Å². The van der Waals surface area contributed by atoms with Crippen molar-refractivity contribution < 1.29 is 4.42 Å². The van der Waals surface area contributed by atoms with Gasteiger partial charge in [-0.1, -0.05) is 106 Å². The molecule has 0 saturated carbocycles. The predicted octanol–water partition coefficient (Wildman–Crippen LogP) is 11.3. The smallest absolute Gasteiger partial charge is 0.158 e. The molecule has 0 aliphatic rings. The van der Waals surface area contributed by atoms with Crippen LogP contribution in [0.15, 0.2) is 138 Å². The summed E-state index contributed by atoms with van der Waals surface area (Å²) in [7, 11) is 0. The molecule has 0 saturated heterocycles. The number of benzene rings is 6. The third kappa shape index (κ3) is 4.60. The Morgan fingerprint density at radius 1 is 0.585 bits per heavy atom. The molecule has 41 heavy (non-hydrogen) atoms. The molecule has 0 radical (unpaired) electrons. The van der Waals surface area contributed by atoms with Gasteiger partial charge in [-0.05, 0) is 64.9 Å². The van der Waals surface area contributed by atoms with Crippen molar-refractivity contribution in [3.8, 4) is 0 Å². The van der Waals surface area contributed by atoms with Crippen molar-refractivity contribution in [3.05, 3.63) is 139 Å². The molecule has 1 aromatic heterocycles. The molecule has 7 aromatic rings. The Kier molecular flexibility index (Phi) is 6.01. The third-order valence-electron chi connectivity index (χ3n) is 7.79. The minimum absolute atomic E-state index is 0.0876. The van der Waals surface area contributed by atoms with Gasteiger partial charge in [-0.15, -0.1) is 0 Å². The molecule has 1 N–H and O–H groups in total. The monoisotopic (exact) mass is 532 g/mol. The minimum Gasteiger partial charge on any atom is -0.454 e. The average molecular weight is 533 g/mol. The largest absolute Gasteiger partial charge is 0.454 e. The van der Waals surface area contributed by atoms with Gasteiger partial charge >= 0.3 is 0 Å². The van der Waals surface area contributed by atoms with E-state index in [1.54, 1.807) is 0 Å². The summed E-state index contributed by atoms with van der Waals surface area (Å²) in [5.41, 5.74) is 8.43. The number of nitrogens with one attached hydrogen (secondary N) is 1. The summed E-state index contributed by atoms with van der Waals surface area (Å²) in [6.07, 6.45) is 0. The average Bonchev–Trinajstić information content (AvgIpc) is 3.37. The molecule has 0 unspecified atom stereocenters. The van der Waals surface area contributed by atoms with Crippen molar-refractivity contribution in [3.63, 3.8) is 0 Å². The second kappa shape index (κ2) is 9.87. The zero-order chi connectivity index (χ0) is 28.0. The maximum Gasteiger partial charge on any atom is 0.158 e. The standard InChI is InChI=1S/C38H32N2O/c1-38(2,3)27-21-23-29(24-22-27)40(35-19-8-12-26-11-4-5-15-31(26)35)30-14-9-13-28(25-30)39-34-18-10-17-33-32-16-6-7-20-36(32)41-37(33)34/h4-25,39H,1-3H3. The Bertz CT molecular complexity index is 2010. The number of anilines is 5. The van der Waals surface area contributed by atoms with E-state index < -0.39 is 0 Å². The molecule has 1 heterocycles. The molecule has 0 atom stereocenters. The van der Waals surface area contributed by atoms with Gasteiger partial charge in [0.25, 0.3) is 0 Å². The lowest BCUT2D eigenvalue weighted by Crippen LogP contribution is -2.13. The fourth-order valence-corrected chi connectivity index (χ4v) is 5.66. The van der Waals surface area contributed by atoms with Crippen LogP contribution in [0, 0.1) is 0 Å². The summed E-state index contributed by atoms with van der Waals surface area (Å²) < 4.78 is 6.29. The molecular weight excluding hydrogens is 500 g/mol. The van der Waals surface area contributed by atoms with Crippen LogP contribution >= 0.6 is 0 Å². The summed E-state index contributed by atoms with van der Waals surface area (Å²) in [6.45, 7) is 6.76. The van der Waals surface area contributed by atoms with Crippen molar-refractivity contribution in [2.24, 2.45) is 0 Å². The molecule has 0 aliphatic heterocycles. The summed E-state index contributed by atoms with van der Waals surface area (Å²) >= 11 is 0. The molecule has 0 aliphatic carbocycles. The van der Waals surface area contributed by atoms with E-state index in [4.69, 9.17) is 4.42 Å². The van der Waals surface area contributed by atoms with Crippen molar-refractivity contribution in [1.82, 2.24) is 0 Å². The maximum atomic E-state index is 6.29. The van der Waals surface area contributed by atoms with Crippen LogP contribution in [0.2, 0.25) is 0 Å². The van der Waals surface area contributed by atoms with Gasteiger partial charge in [-0.2, -0.15) is 0 Å². The van der Waals surface area contributed by atoms with Gasteiger partial charge < -0.3 is 14.6 Å². The third-order valence-corrected chi connectivity index (χ3v) is 7.79. The molecule has 6 aromatic carbocycles. The van der Waals surface area contributed by atoms with Crippen LogP contribution in [0.3, 0.4) is 0 Å². The highest BCUT2D eigenvalue weighted by atomic mass is 16.3. The SMILES string of the molecule is CC(C)(C)c1ccc(N(c2cccc(Nc3cccc4c3oc3ccccc34)c2)c2cccc3ccccc23)cc1. The molecular formula is C38H32N2O. The van der Waals surface area contributed by atoms with Gasteiger partial charge in [-0.3, -0.25) is 0 Å². The lowest BCUT2D eigenvalue weighted by atomic mass is 9.87. The number of nitrogens with zero attached hydrogens (tertiary/aromatic N) is 1.